The molecule has 0 aromatic rings. The van der Waals surface area contributed by atoms with Crippen molar-refractivity contribution in [2.24, 2.45) is 0 Å². The molecule has 15 heavy (non-hydrogen) atoms. The second-order valence-corrected chi connectivity index (χ2v) is 4.77. The first-order valence-corrected chi connectivity index (χ1v) is 6.31. The van der Waals surface area contributed by atoms with Crippen LogP contribution in [-0.4, -0.2) is 37.1 Å². The van der Waals surface area contributed by atoms with E-state index in [0.29, 0.717) is 6.04 Å². The van der Waals surface area contributed by atoms with E-state index in [2.05, 4.69) is 30.8 Å². The second-order valence-electron chi connectivity index (χ2n) is 4.77. The minimum atomic E-state index is 0.699. The van der Waals surface area contributed by atoms with Gasteiger partial charge in [-0.15, -0.1) is 6.58 Å². The second kappa shape index (κ2) is 7.02. The van der Waals surface area contributed by atoms with E-state index in [1.165, 1.54) is 38.8 Å². The van der Waals surface area contributed by atoms with Gasteiger partial charge in [-0.1, -0.05) is 19.4 Å². The molecule has 1 fully saturated rings. The van der Waals surface area contributed by atoms with E-state index in [-0.39, 0.29) is 0 Å². The Morgan fingerprint density at radius 2 is 2.33 bits per heavy atom. The molecule has 2 heteroatoms. The van der Waals surface area contributed by atoms with E-state index >= 15 is 0 Å². The molecule has 0 bridgehead atoms. The molecular weight excluding hydrogens is 184 g/mol. The molecule has 0 aromatic heterocycles. The minimum absolute atomic E-state index is 0.699. The summed E-state index contributed by atoms with van der Waals surface area (Å²) < 4.78 is 0. The van der Waals surface area contributed by atoms with E-state index in [4.69, 9.17) is 0 Å². The number of likely N-dealkylation sites (N-methyl/N-ethyl adjacent to an activating group) is 1. The molecule has 1 heterocycles. The number of allylic oxidation sites excluding steroid dienone is 1. The quantitative estimate of drug-likeness (QED) is 0.649. The fourth-order valence-electron chi connectivity index (χ4n) is 2.38. The van der Waals surface area contributed by atoms with Gasteiger partial charge in [-0.3, -0.25) is 0 Å². The lowest BCUT2D eigenvalue weighted by Gasteiger charge is -2.22. The van der Waals surface area contributed by atoms with Gasteiger partial charge in [0.1, 0.15) is 0 Å². The molecule has 1 N–H and O–H groups in total. The number of rotatable bonds is 7. The predicted molar refractivity (Wildman–Crippen MR) is 67.2 cm³/mol. The Morgan fingerprint density at radius 1 is 1.53 bits per heavy atom. The minimum Gasteiger partial charge on any atom is -0.310 e. The number of likely N-dealkylation sites (tertiary alicyclic amines) is 1. The summed E-state index contributed by atoms with van der Waals surface area (Å²) >= 11 is 0. The van der Waals surface area contributed by atoms with Crippen LogP contribution in [0.25, 0.3) is 0 Å². The molecule has 2 atom stereocenters. The van der Waals surface area contributed by atoms with Crippen molar-refractivity contribution in [3.05, 3.63) is 12.7 Å². The van der Waals surface area contributed by atoms with Crippen molar-refractivity contribution >= 4 is 0 Å². The van der Waals surface area contributed by atoms with E-state index in [1.807, 2.05) is 6.08 Å². The third-order valence-corrected chi connectivity index (χ3v) is 3.22. The average molecular weight is 210 g/mol. The Labute approximate surface area is 94.7 Å². The lowest BCUT2D eigenvalue weighted by molar-refractivity contribution is 0.363. The normalized spacial score (nSPS) is 24.3. The molecule has 1 saturated heterocycles. The van der Waals surface area contributed by atoms with Gasteiger partial charge in [0.15, 0.2) is 0 Å². The fourth-order valence-corrected chi connectivity index (χ4v) is 2.38. The van der Waals surface area contributed by atoms with E-state index in [9.17, 15) is 0 Å². The SMILES string of the molecule is C=CCCC(CCC)NC1CCN(C)C1. The summed E-state index contributed by atoms with van der Waals surface area (Å²) in [6, 6.07) is 1.42. The Hall–Kier alpha value is -0.340. The van der Waals surface area contributed by atoms with Crippen LogP contribution in [0.2, 0.25) is 0 Å². The Kier molecular flexibility index (Phi) is 5.96. The highest BCUT2D eigenvalue weighted by molar-refractivity contribution is 4.83. The van der Waals surface area contributed by atoms with Crippen LogP contribution >= 0.6 is 0 Å². The smallest absolute Gasteiger partial charge is 0.0209 e. The van der Waals surface area contributed by atoms with Gasteiger partial charge in [0.2, 0.25) is 0 Å². The van der Waals surface area contributed by atoms with Gasteiger partial charge in [-0.05, 0) is 39.3 Å². The summed E-state index contributed by atoms with van der Waals surface area (Å²) in [7, 11) is 2.21. The van der Waals surface area contributed by atoms with Crippen molar-refractivity contribution < 1.29 is 0 Å². The van der Waals surface area contributed by atoms with Crippen LogP contribution in [0, 0.1) is 0 Å². The molecule has 0 saturated carbocycles. The molecule has 2 unspecified atom stereocenters. The summed E-state index contributed by atoms with van der Waals surface area (Å²) in [5, 5.41) is 3.79. The fraction of sp³-hybridized carbons (Fsp3) is 0.846. The van der Waals surface area contributed by atoms with Crippen molar-refractivity contribution in [1.82, 2.24) is 10.2 Å². The largest absolute Gasteiger partial charge is 0.310 e. The first-order chi connectivity index (χ1) is 7.26. The zero-order chi connectivity index (χ0) is 11.1. The Balaban J connectivity index is 2.26. The predicted octanol–water partition coefficient (Wildman–Crippen LogP) is 2.42. The van der Waals surface area contributed by atoms with Crippen LogP contribution < -0.4 is 5.32 Å². The molecule has 88 valence electrons. The molecule has 0 aromatic carbocycles. The Morgan fingerprint density at radius 3 is 2.87 bits per heavy atom. The van der Waals surface area contributed by atoms with E-state index < -0.39 is 0 Å². The summed E-state index contributed by atoms with van der Waals surface area (Å²) in [5.41, 5.74) is 0. The first-order valence-electron chi connectivity index (χ1n) is 6.31. The van der Waals surface area contributed by atoms with Crippen molar-refractivity contribution in [1.29, 1.82) is 0 Å². The maximum absolute atomic E-state index is 3.80. The van der Waals surface area contributed by atoms with Gasteiger partial charge in [0, 0.05) is 18.6 Å². The molecule has 1 aliphatic heterocycles. The molecule has 1 rings (SSSR count). The highest BCUT2D eigenvalue weighted by Gasteiger charge is 2.21. The molecule has 1 aliphatic rings. The third-order valence-electron chi connectivity index (χ3n) is 3.22. The zero-order valence-corrected chi connectivity index (χ0v) is 10.3. The van der Waals surface area contributed by atoms with Gasteiger partial charge >= 0.3 is 0 Å². The maximum Gasteiger partial charge on any atom is 0.0209 e. The lowest BCUT2D eigenvalue weighted by atomic mass is 10.0. The summed E-state index contributed by atoms with van der Waals surface area (Å²) in [6.45, 7) is 8.53. The first kappa shape index (κ1) is 12.7. The number of nitrogens with zero attached hydrogens (tertiary/aromatic N) is 1. The highest BCUT2D eigenvalue weighted by Crippen LogP contribution is 2.11. The number of hydrogen-bond donors (Lipinski definition) is 1. The monoisotopic (exact) mass is 210 g/mol. The van der Waals surface area contributed by atoms with Gasteiger partial charge in [0.25, 0.3) is 0 Å². The molecule has 2 nitrogen and oxygen atoms in total. The molecular formula is C13H26N2. The average Bonchev–Trinajstić information content (AvgIpc) is 2.61. The lowest BCUT2D eigenvalue weighted by Crippen LogP contribution is -2.39. The van der Waals surface area contributed by atoms with Gasteiger partial charge in [0.05, 0.1) is 0 Å². The summed E-state index contributed by atoms with van der Waals surface area (Å²) in [6.07, 6.45) is 8.30. The molecule has 0 amide bonds. The van der Waals surface area contributed by atoms with Crippen LogP contribution in [0.15, 0.2) is 12.7 Å². The van der Waals surface area contributed by atoms with Crippen LogP contribution in [0.3, 0.4) is 0 Å². The van der Waals surface area contributed by atoms with Crippen molar-refractivity contribution in [3.8, 4) is 0 Å². The van der Waals surface area contributed by atoms with Crippen molar-refractivity contribution in [2.45, 2.75) is 51.1 Å². The van der Waals surface area contributed by atoms with Crippen LogP contribution in [0.4, 0.5) is 0 Å². The van der Waals surface area contributed by atoms with E-state index in [1.54, 1.807) is 0 Å². The third kappa shape index (κ3) is 4.80. The van der Waals surface area contributed by atoms with Crippen LogP contribution in [0.5, 0.6) is 0 Å². The molecule has 0 radical (unpaired) electrons. The number of nitrogens with one attached hydrogen (secondary N) is 1. The highest BCUT2D eigenvalue weighted by atomic mass is 15.2. The Bertz CT molecular complexity index is 179. The maximum atomic E-state index is 3.80. The van der Waals surface area contributed by atoms with Crippen molar-refractivity contribution in [2.75, 3.05) is 20.1 Å². The molecule has 0 spiro atoms. The van der Waals surface area contributed by atoms with E-state index in [0.717, 1.165) is 12.5 Å². The number of hydrogen-bond acceptors (Lipinski definition) is 2. The van der Waals surface area contributed by atoms with Crippen molar-refractivity contribution in [3.63, 3.8) is 0 Å². The van der Waals surface area contributed by atoms with Gasteiger partial charge < -0.3 is 10.2 Å². The molecule has 0 aliphatic carbocycles. The van der Waals surface area contributed by atoms with Gasteiger partial charge in [-0.25, -0.2) is 0 Å². The standard InChI is InChI=1S/C13H26N2/c1-4-6-8-12(7-5-2)14-13-9-10-15(3)11-13/h4,12-14H,1,5-11H2,2-3H3. The van der Waals surface area contributed by atoms with Gasteiger partial charge in [-0.2, -0.15) is 0 Å². The van der Waals surface area contributed by atoms with Crippen LogP contribution in [0.1, 0.15) is 39.0 Å². The summed E-state index contributed by atoms with van der Waals surface area (Å²) in [4.78, 5) is 2.41. The summed E-state index contributed by atoms with van der Waals surface area (Å²) in [5.74, 6) is 0. The zero-order valence-electron chi connectivity index (χ0n) is 10.3. The topological polar surface area (TPSA) is 15.3 Å². The van der Waals surface area contributed by atoms with Crippen LogP contribution in [-0.2, 0) is 0 Å².